The molecule has 0 unspecified atom stereocenters. The van der Waals surface area contributed by atoms with Gasteiger partial charge < -0.3 is 14.2 Å². The number of pyridine rings is 1. The zero-order valence-corrected chi connectivity index (χ0v) is 16.1. The van der Waals surface area contributed by atoms with Gasteiger partial charge in [0.25, 0.3) is 0 Å². The molecule has 0 N–H and O–H groups in total. The molecule has 0 spiro atoms. The Morgan fingerprint density at radius 2 is 1.72 bits per heavy atom. The number of aryl methyl sites for hydroxylation is 1. The maximum Gasteiger partial charge on any atom is 0.166 e. The average molecular weight is 388 g/mol. The molecule has 0 amide bonds. The smallest absolute Gasteiger partial charge is 0.166 e. The Kier molecular flexibility index (Phi) is 4.57. The van der Waals surface area contributed by atoms with E-state index in [2.05, 4.69) is 31.6 Å². The second kappa shape index (κ2) is 7.51. The molecule has 5 rings (SSSR count). The highest BCUT2D eigenvalue weighted by molar-refractivity contribution is 5.88. The Balaban J connectivity index is 1.77. The van der Waals surface area contributed by atoms with Gasteiger partial charge in [0.15, 0.2) is 22.8 Å². The first kappa shape index (κ1) is 17.6. The predicted octanol–water partition coefficient (Wildman–Crippen LogP) is 2.20. The fourth-order valence-electron chi connectivity index (χ4n) is 3.55. The Morgan fingerprint density at radius 1 is 0.931 bits per heavy atom. The summed E-state index contributed by atoms with van der Waals surface area (Å²) in [6.45, 7) is 5.71. The molecule has 29 heavy (non-hydrogen) atoms. The summed E-state index contributed by atoms with van der Waals surface area (Å²) < 4.78 is 7.65. The standard InChI is InChI=1S/C20H20N8O/c1-2-28-18(14-3-6-21-7-4-14)24-16-19(27-9-11-29-12-10-27)25-17(26-20(16)28)15-5-8-22-23-13-15/h3-8,13H,2,9-12H2,1H3. The van der Waals surface area contributed by atoms with Crippen LogP contribution in [0.5, 0.6) is 0 Å². The van der Waals surface area contributed by atoms with Crippen molar-refractivity contribution in [3.8, 4) is 22.8 Å². The number of fused-ring (bicyclic) bond motifs is 1. The fourth-order valence-corrected chi connectivity index (χ4v) is 3.55. The summed E-state index contributed by atoms with van der Waals surface area (Å²) >= 11 is 0. The highest BCUT2D eigenvalue weighted by atomic mass is 16.5. The van der Waals surface area contributed by atoms with Crippen LogP contribution in [-0.2, 0) is 11.3 Å². The molecule has 0 atom stereocenters. The van der Waals surface area contributed by atoms with Crippen molar-refractivity contribution in [2.24, 2.45) is 0 Å². The number of rotatable bonds is 4. The number of anilines is 1. The Hall–Kier alpha value is -3.46. The number of ether oxygens (including phenoxy) is 1. The van der Waals surface area contributed by atoms with Gasteiger partial charge in [-0.05, 0) is 25.1 Å². The summed E-state index contributed by atoms with van der Waals surface area (Å²) in [6, 6.07) is 5.79. The molecular formula is C20H20N8O. The lowest BCUT2D eigenvalue weighted by Crippen LogP contribution is -2.37. The van der Waals surface area contributed by atoms with Crippen LogP contribution < -0.4 is 4.90 Å². The number of aromatic nitrogens is 7. The first-order valence-corrected chi connectivity index (χ1v) is 9.63. The van der Waals surface area contributed by atoms with Crippen LogP contribution in [0.15, 0.2) is 43.0 Å². The molecule has 1 aliphatic heterocycles. The molecule has 0 aliphatic carbocycles. The molecule has 9 nitrogen and oxygen atoms in total. The number of imidazole rings is 1. The van der Waals surface area contributed by atoms with Gasteiger partial charge in [-0.15, -0.1) is 0 Å². The Morgan fingerprint density at radius 3 is 2.45 bits per heavy atom. The van der Waals surface area contributed by atoms with E-state index in [0.717, 1.165) is 53.6 Å². The number of nitrogens with zero attached hydrogens (tertiary/aromatic N) is 8. The minimum atomic E-state index is 0.616. The van der Waals surface area contributed by atoms with Crippen molar-refractivity contribution >= 4 is 17.0 Å². The summed E-state index contributed by atoms with van der Waals surface area (Å²) in [5.41, 5.74) is 3.43. The van der Waals surface area contributed by atoms with Crippen molar-refractivity contribution in [3.05, 3.63) is 43.0 Å². The van der Waals surface area contributed by atoms with Crippen LogP contribution in [0, 0.1) is 0 Å². The minimum absolute atomic E-state index is 0.616. The van der Waals surface area contributed by atoms with Crippen LogP contribution in [0.2, 0.25) is 0 Å². The third kappa shape index (κ3) is 3.19. The van der Waals surface area contributed by atoms with Gasteiger partial charge in [-0.25, -0.2) is 15.0 Å². The lowest BCUT2D eigenvalue weighted by molar-refractivity contribution is 0.122. The van der Waals surface area contributed by atoms with E-state index >= 15 is 0 Å². The van der Waals surface area contributed by atoms with Crippen LogP contribution in [0.25, 0.3) is 33.9 Å². The van der Waals surface area contributed by atoms with Crippen LogP contribution in [0.4, 0.5) is 5.82 Å². The van der Waals surface area contributed by atoms with E-state index in [4.69, 9.17) is 19.7 Å². The van der Waals surface area contributed by atoms with Crippen molar-refractivity contribution in [1.29, 1.82) is 0 Å². The van der Waals surface area contributed by atoms with Crippen molar-refractivity contribution < 1.29 is 4.74 Å². The maximum atomic E-state index is 5.53. The van der Waals surface area contributed by atoms with Gasteiger partial charge in [0.1, 0.15) is 5.82 Å². The van der Waals surface area contributed by atoms with Crippen molar-refractivity contribution in [3.63, 3.8) is 0 Å². The van der Waals surface area contributed by atoms with Crippen LogP contribution >= 0.6 is 0 Å². The Bertz CT molecular complexity index is 1120. The summed E-state index contributed by atoms with van der Waals surface area (Å²) in [5, 5.41) is 7.85. The molecule has 1 aliphatic rings. The molecule has 5 heterocycles. The normalized spacial score (nSPS) is 14.4. The van der Waals surface area contributed by atoms with Gasteiger partial charge in [-0.3, -0.25) is 4.98 Å². The van der Waals surface area contributed by atoms with E-state index in [0.29, 0.717) is 19.0 Å². The average Bonchev–Trinajstić information content (AvgIpc) is 3.19. The SMILES string of the molecule is CCn1c(-c2ccncc2)nc2c(N3CCOCC3)nc(-c3ccnnc3)nc21. The molecular weight excluding hydrogens is 368 g/mol. The van der Waals surface area contributed by atoms with Gasteiger partial charge >= 0.3 is 0 Å². The molecule has 1 fully saturated rings. The monoisotopic (exact) mass is 388 g/mol. The first-order chi connectivity index (χ1) is 14.3. The van der Waals surface area contributed by atoms with Crippen molar-refractivity contribution in [1.82, 2.24) is 34.7 Å². The quantitative estimate of drug-likeness (QED) is 0.525. The molecule has 0 radical (unpaired) electrons. The zero-order chi connectivity index (χ0) is 19.6. The largest absolute Gasteiger partial charge is 0.378 e. The van der Waals surface area contributed by atoms with Gasteiger partial charge in [-0.2, -0.15) is 10.2 Å². The van der Waals surface area contributed by atoms with E-state index in [1.165, 1.54) is 0 Å². The third-order valence-electron chi connectivity index (χ3n) is 4.98. The van der Waals surface area contributed by atoms with Crippen LogP contribution in [0.3, 0.4) is 0 Å². The minimum Gasteiger partial charge on any atom is -0.378 e. The topological polar surface area (TPSA) is 94.7 Å². The molecule has 4 aromatic heterocycles. The fraction of sp³-hybridized carbons (Fsp3) is 0.300. The van der Waals surface area contributed by atoms with Gasteiger partial charge in [-0.1, -0.05) is 0 Å². The molecule has 4 aromatic rings. The first-order valence-electron chi connectivity index (χ1n) is 9.63. The van der Waals surface area contributed by atoms with Crippen molar-refractivity contribution in [2.45, 2.75) is 13.5 Å². The van der Waals surface area contributed by atoms with E-state index in [1.54, 1.807) is 24.8 Å². The molecule has 0 aromatic carbocycles. The van der Waals surface area contributed by atoms with Gasteiger partial charge in [0.05, 0.1) is 25.6 Å². The van der Waals surface area contributed by atoms with Crippen LogP contribution in [-0.4, -0.2) is 61.0 Å². The molecule has 9 heteroatoms. The zero-order valence-electron chi connectivity index (χ0n) is 16.1. The lowest BCUT2D eigenvalue weighted by atomic mass is 10.2. The van der Waals surface area contributed by atoms with Gasteiger partial charge in [0, 0.05) is 43.2 Å². The van der Waals surface area contributed by atoms with Crippen molar-refractivity contribution in [2.75, 3.05) is 31.2 Å². The second-order valence-corrected chi connectivity index (χ2v) is 6.69. The highest BCUT2D eigenvalue weighted by Gasteiger charge is 2.23. The molecule has 146 valence electrons. The maximum absolute atomic E-state index is 5.53. The number of morpholine rings is 1. The van der Waals surface area contributed by atoms with E-state index in [9.17, 15) is 0 Å². The van der Waals surface area contributed by atoms with E-state index in [1.807, 2.05) is 18.2 Å². The molecule has 0 bridgehead atoms. The van der Waals surface area contributed by atoms with Gasteiger partial charge in [0.2, 0.25) is 0 Å². The molecule has 0 saturated carbocycles. The molecule has 1 saturated heterocycles. The lowest BCUT2D eigenvalue weighted by Gasteiger charge is -2.28. The predicted molar refractivity (Wildman–Crippen MR) is 108 cm³/mol. The summed E-state index contributed by atoms with van der Waals surface area (Å²) in [6.07, 6.45) is 6.88. The Labute approximate surface area is 167 Å². The number of hydrogen-bond acceptors (Lipinski definition) is 8. The second-order valence-electron chi connectivity index (χ2n) is 6.69. The highest BCUT2D eigenvalue weighted by Crippen LogP contribution is 2.31. The summed E-state index contributed by atoms with van der Waals surface area (Å²) in [7, 11) is 0. The third-order valence-corrected chi connectivity index (χ3v) is 4.98. The van der Waals surface area contributed by atoms with Crippen LogP contribution in [0.1, 0.15) is 6.92 Å². The summed E-state index contributed by atoms with van der Waals surface area (Å²) in [4.78, 5) is 21.1. The van der Waals surface area contributed by atoms with E-state index in [-0.39, 0.29) is 0 Å². The van der Waals surface area contributed by atoms with E-state index < -0.39 is 0 Å². The number of hydrogen-bond donors (Lipinski definition) is 0. The summed E-state index contributed by atoms with van der Waals surface area (Å²) in [5.74, 6) is 2.30.